The van der Waals surface area contributed by atoms with Crippen LogP contribution in [0.3, 0.4) is 0 Å². The van der Waals surface area contributed by atoms with Gasteiger partial charge in [0.25, 0.3) is 0 Å². The van der Waals surface area contributed by atoms with Crippen LogP contribution in [0.2, 0.25) is 0 Å². The van der Waals surface area contributed by atoms with E-state index in [1.165, 1.54) is 23.3 Å². The van der Waals surface area contributed by atoms with E-state index >= 15 is 0 Å². The molecule has 5 nitrogen and oxygen atoms in total. The lowest BCUT2D eigenvalue weighted by Crippen LogP contribution is -2.30. The van der Waals surface area contributed by atoms with Gasteiger partial charge in [-0.15, -0.1) is 11.3 Å². The lowest BCUT2D eigenvalue weighted by Gasteiger charge is -2.18. The van der Waals surface area contributed by atoms with Crippen molar-refractivity contribution in [3.05, 3.63) is 46.9 Å². The number of nitrogens with zero attached hydrogens (tertiary/aromatic N) is 3. The average molecular weight is 344 g/mol. The molecule has 0 unspecified atom stereocenters. The first-order chi connectivity index (χ1) is 11.5. The largest absolute Gasteiger partial charge is 0.350 e. The number of aryl methyl sites for hydroxylation is 2. The van der Waals surface area contributed by atoms with Crippen LogP contribution in [0.25, 0.3) is 10.2 Å². The van der Waals surface area contributed by atoms with Crippen molar-refractivity contribution < 1.29 is 9.18 Å². The van der Waals surface area contributed by atoms with Gasteiger partial charge in [0.15, 0.2) is 0 Å². The second-order valence-corrected chi connectivity index (χ2v) is 6.78. The van der Waals surface area contributed by atoms with Crippen molar-refractivity contribution in [2.45, 2.75) is 13.8 Å². The minimum Gasteiger partial charge on any atom is -0.350 e. The van der Waals surface area contributed by atoms with Gasteiger partial charge in [0.2, 0.25) is 5.91 Å². The number of thiophene rings is 1. The molecule has 0 saturated heterocycles. The maximum Gasteiger partial charge on any atom is 0.243 e. The van der Waals surface area contributed by atoms with Crippen molar-refractivity contribution in [3.8, 4) is 0 Å². The van der Waals surface area contributed by atoms with Gasteiger partial charge in [-0.25, -0.2) is 14.4 Å². The summed E-state index contributed by atoms with van der Waals surface area (Å²) in [6.45, 7) is 4.18. The SMILES string of the molecule is Cc1sc2ncnc(N(C)CC(=O)Nc3cccc(F)c3)c2c1C. The maximum absolute atomic E-state index is 13.2. The Morgan fingerprint density at radius 1 is 1.33 bits per heavy atom. The topological polar surface area (TPSA) is 58.1 Å². The third-order valence-electron chi connectivity index (χ3n) is 3.80. The molecule has 2 heterocycles. The number of nitrogens with one attached hydrogen (secondary N) is 1. The monoisotopic (exact) mass is 344 g/mol. The van der Waals surface area contributed by atoms with E-state index in [9.17, 15) is 9.18 Å². The van der Waals surface area contributed by atoms with E-state index in [2.05, 4.69) is 15.3 Å². The Hall–Kier alpha value is -2.54. The predicted octanol–water partition coefficient (Wildman–Crippen LogP) is 3.52. The zero-order chi connectivity index (χ0) is 17.3. The summed E-state index contributed by atoms with van der Waals surface area (Å²) < 4.78 is 13.2. The van der Waals surface area contributed by atoms with E-state index in [4.69, 9.17) is 0 Å². The van der Waals surface area contributed by atoms with Crippen LogP contribution in [0.4, 0.5) is 15.9 Å². The summed E-state index contributed by atoms with van der Waals surface area (Å²) in [6, 6.07) is 5.82. The van der Waals surface area contributed by atoms with Gasteiger partial charge >= 0.3 is 0 Å². The summed E-state index contributed by atoms with van der Waals surface area (Å²) in [5, 5.41) is 3.66. The molecule has 3 rings (SSSR count). The van der Waals surface area contributed by atoms with Gasteiger partial charge in [0, 0.05) is 17.6 Å². The number of aromatic nitrogens is 2. The Morgan fingerprint density at radius 3 is 2.88 bits per heavy atom. The Labute approximate surface area is 143 Å². The molecule has 24 heavy (non-hydrogen) atoms. The van der Waals surface area contributed by atoms with E-state index in [0.717, 1.165) is 21.6 Å². The van der Waals surface area contributed by atoms with Crippen molar-refractivity contribution >= 4 is 39.0 Å². The zero-order valence-electron chi connectivity index (χ0n) is 13.6. The molecular formula is C17H17FN4OS. The molecule has 124 valence electrons. The molecule has 0 saturated carbocycles. The summed E-state index contributed by atoms with van der Waals surface area (Å²) in [6.07, 6.45) is 1.51. The molecular weight excluding hydrogens is 327 g/mol. The molecule has 0 atom stereocenters. The summed E-state index contributed by atoms with van der Waals surface area (Å²) in [7, 11) is 1.80. The highest BCUT2D eigenvalue weighted by Crippen LogP contribution is 2.33. The zero-order valence-corrected chi connectivity index (χ0v) is 14.4. The number of hydrogen-bond donors (Lipinski definition) is 1. The summed E-state index contributed by atoms with van der Waals surface area (Å²) in [4.78, 5) is 24.7. The van der Waals surface area contributed by atoms with Crippen LogP contribution in [0.5, 0.6) is 0 Å². The van der Waals surface area contributed by atoms with Crippen molar-refractivity contribution in [3.63, 3.8) is 0 Å². The Morgan fingerprint density at radius 2 is 2.12 bits per heavy atom. The van der Waals surface area contributed by atoms with Crippen LogP contribution in [0, 0.1) is 19.7 Å². The highest BCUT2D eigenvalue weighted by Gasteiger charge is 2.16. The first-order valence-corrected chi connectivity index (χ1v) is 8.24. The van der Waals surface area contributed by atoms with Gasteiger partial charge in [0.05, 0.1) is 11.9 Å². The molecule has 0 aliphatic rings. The Bertz CT molecular complexity index is 909. The quantitative estimate of drug-likeness (QED) is 0.787. The number of rotatable bonds is 4. The van der Waals surface area contributed by atoms with Gasteiger partial charge < -0.3 is 10.2 Å². The molecule has 0 spiro atoms. The van der Waals surface area contributed by atoms with Crippen molar-refractivity contribution in [1.29, 1.82) is 0 Å². The fourth-order valence-corrected chi connectivity index (χ4v) is 3.50. The minimum absolute atomic E-state index is 0.108. The number of carbonyl (C=O) groups excluding carboxylic acids is 1. The number of amides is 1. The highest BCUT2D eigenvalue weighted by atomic mass is 32.1. The summed E-state index contributed by atoms with van der Waals surface area (Å²) >= 11 is 1.61. The molecule has 0 fully saturated rings. The predicted molar refractivity (Wildman–Crippen MR) is 95.2 cm³/mol. The Kier molecular flexibility index (Phi) is 4.44. The second-order valence-electron chi connectivity index (χ2n) is 5.58. The van der Waals surface area contributed by atoms with Gasteiger partial charge in [0.1, 0.15) is 22.8 Å². The fraction of sp³-hybridized carbons (Fsp3) is 0.235. The number of halogens is 1. The summed E-state index contributed by atoms with van der Waals surface area (Å²) in [5.74, 6) is 0.0961. The Balaban J connectivity index is 1.80. The third-order valence-corrected chi connectivity index (χ3v) is 4.91. The standard InChI is InChI=1S/C17H17FN4OS/c1-10-11(2)24-17-15(10)16(19-9-20-17)22(3)8-14(23)21-13-6-4-5-12(18)7-13/h4-7,9H,8H2,1-3H3,(H,21,23). The molecule has 1 aromatic carbocycles. The van der Waals surface area contributed by atoms with Gasteiger partial charge in [-0.1, -0.05) is 6.07 Å². The van der Waals surface area contributed by atoms with Crippen LogP contribution in [0.1, 0.15) is 10.4 Å². The highest BCUT2D eigenvalue weighted by molar-refractivity contribution is 7.18. The molecule has 0 radical (unpaired) electrons. The van der Waals surface area contributed by atoms with Gasteiger partial charge in [-0.05, 0) is 37.6 Å². The maximum atomic E-state index is 13.2. The number of anilines is 2. The van der Waals surface area contributed by atoms with Crippen LogP contribution in [-0.2, 0) is 4.79 Å². The molecule has 0 bridgehead atoms. The lowest BCUT2D eigenvalue weighted by molar-refractivity contribution is -0.114. The smallest absolute Gasteiger partial charge is 0.243 e. The number of hydrogen-bond acceptors (Lipinski definition) is 5. The average Bonchev–Trinajstić information content (AvgIpc) is 2.82. The van der Waals surface area contributed by atoms with Crippen LogP contribution < -0.4 is 10.2 Å². The van der Waals surface area contributed by atoms with E-state index < -0.39 is 0 Å². The van der Waals surface area contributed by atoms with E-state index in [1.807, 2.05) is 13.8 Å². The number of fused-ring (bicyclic) bond motifs is 1. The number of carbonyl (C=O) groups is 1. The fourth-order valence-electron chi connectivity index (χ4n) is 2.51. The first kappa shape index (κ1) is 16.3. The van der Waals surface area contributed by atoms with Crippen LogP contribution >= 0.6 is 11.3 Å². The van der Waals surface area contributed by atoms with Crippen molar-refractivity contribution in [2.75, 3.05) is 23.8 Å². The number of benzene rings is 1. The second kappa shape index (κ2) is 6.52. The minimum atomic E-state index is -0.386. The molecule has 2 aromatic heterocycles. The third kappa shape index (κ3) is 3.21. The van der Waals surface area contributed by atoms with Crippen LogP contribution in [0.15, 0.2) is 30.6 Å². The van der Waals surface area contributed by atoms with Crippen LogP contribution in [-0.4, -0.2) is 29.5 Å². The first-order valence-electron chi connectivity index (χ1n) is 7.43. The van der Waals surface area contributed by atoms with Gasteiger partial charge in [-0.2, -0.15) is 0 Å². The summed E-state index contributed by atoms with van der Waals surface area (Å²) in [5.41, 5.74) is 1.56. The number of likely N-dealkylation sites (N-methyl/N-ethyl adjacent to an activating group) is 1. The molecule has 3 aromatic rings. The molecule has 0 aliphatic heterocycles. The van der Waals surface area contributed by atoms with Gasteiger partial charge in [-0.3, -0.25) is 4.79 Å². The molecule has 1 N–H and O–H groups in total. The lowest BCUT2D eigenvalue weighted by atomic mass is 10.2. The van der Waals surface area contributed by atoms with E-state index in [1.54, 1.807) is 35.4 Å². The van der Waals surface area contributed by atoms with E-state index in [0.29, 0.717) is 5.69 Å². The molecule has 0 aliphatic carbocycles. The molecule has 1 amide bonds. The van der Waals surface area contributed by atoms with Crippen molar-refractivity contribution in [1.82, 2.24) is 9.97 Å². The van der Waals surface area contributed by atoms with Crippen molar-refractivity contribution in [2.24, 2.45) is 0 Å². The normalized spacial score (nSPS) is 10.8. The van der Waals surface area contributed by atoms with E-state index in [-0.39, 0.29) is 18.3 Å². The molecule has 7 heteroatoms.